The van der Waals surface area contributed by atoms with E-state index >= 15 is 0 Å². The van der Waals surface area contributed by atoms with Crippen molar-refractivity contribution in [3.63, 3.8) is 0 Å². The number of esters is 1. The minimum Gasteiger partial charge on any atom is -0.459 e. The van der Waals surface area contributed by atoms with Crippen molar-refractivity contribution in [2.24, 2.45) is 5.84 Å². The van der Waals surface area contributed by atoms with Gasteiger partial charge < -0.3 is 13.9 Å². The van der Waals surface area contributed by atoms with Gasteiger partial charge in [0.2, 0.25) is 5.91 Å². The summed E-state index contributed by atoms with van der Waals surface area (Å²) in [5.41, 5.74) is 1.48. The number of amides is 2. The van der Waals surface area contributed by atoms with Gasteiger partial charge in [0.15, 0.2) is 8.32 Å². The number of rotatable bonds is 11. The highest BCUT2D eigenvalue weighted by atomic mass is 28.4. The van der Waals surface area contributed by atoms with Gasteiger partial charge >= 0.3 is 12.1 Å². The molecule has 0 aromatic heterocycles. The Kier molecular flexibility index (Phi) is 12.4. The Bertz CT molecular complexity index is 710. The Labute approximate surface area is 213 Å². The summed E-state index contributed by atoms with van der Waals surface area (Å²) in [6, 6.07) is 0. The predicted octanol–water partition coefficient (Wildman–Crippen LogP) is 3.96. The lowest BCUT2D eigenvalue weighted by Crippen LogP contribution is -2.48. The van der Waals surface area contributed by atoms with Crippen LogP contribution in [0.5, 0.6) is 0 Å². The molecule has 0 saturated carbocycles. The Hall–Kier alpha value is -1.69. The summed E-state index contributed by atoms with van der Waals surface area (Å²) in [4.78, 5) is 36.9. The third kappa shape index (κ3) is 15.1. The summed E-state index contributed by atoms with van der Waals surface area (Å²) in [5, 5.41) is 2.42. The number of hydrazine groups is 2. The van der Waals surface area contributed by atoms with Gasteiger partial charge in [-0.3, -0.25) is 15.0 Å². The van der Waals surface area contributed by atoms with E-state index in [0.717, 1.165) is 5.01 Å². The van der Waals surface area contributed by atoms with Gasteiger partial charge in [0.05, 0.1) is 12.5 Å². The van der Waals surface area contributed by atoms with Crippen molar-refractivity contribution in [1.82, 2.24) is 15.4 Å². The predicted molar refractivity (Wildman–Crippen MR) is 140 cm³/mol. The monoisotopic (exact) mass is 518 g/mol. The molecule has 0 aromatic carbocycles. The zero-order chi connectivity index (χ0) is 27.8. The van der Waals surface area contributed by atoms with Crippen LogP contribution in [0.25, 0.3) is 0 Å². The van der Waals surface area contributed by atoms with Gasteiger partial charge in [-0.15, -0.1) is 0 Å². The molecular formula is C24H50N4O6Si. The number of hydrogen-bond acceptors (Lipinski definition) is 8. The molecular weight excluding hydrogens is 468 g/mol. The molecule has 35 heavy (non-hydrogen) atoms. The molecule has 0 radical (unpaired) electrons. The number of nitrogens with zero attached hydrogens (tertiary/aromatic N) is 2. The average molecular weight is 519 g/mol. The van der Waals surface area contributed by atoms with E-state index in [9.17, 15) is 14.4 Å². The molecule has 0 aliphatic rings. The second kappa shape index (κ2) is 13.0. The number of likely N-dealkylation sites (N-methyl/N-ethyl adjacent to an activating group) is 1. The van der Waals surface area contributed by atoms with Crippen molar-refractivity contribution in [3.8, 4) is 0 Å². The van der Waals surface area contributed by atoms with Crippen LogP contribution in [-0.4, -0.2) is 73.7 Å². The van der Waals surface area contributed by atoms with E-state index in [-0.39, 0.29) is 36.6 Å². The lowest BCUT2D eigenvalue weighted by molar-refractivity contribution is -0.156. The third-order valence-electron chi connectivity index (χ3n) is 5.34. The molecule has 206 valence electrons. The molecule has 0 aromatic rings. The molecule has 0 fully saturated rings. The average Bonchev–Trinajstić information content (AvgIpc) is 2.56. The Morgan fingerprint density at radius 3 is 1.91 bits per heavy atom. The van der Waals surface area contributed by atoms with E-state index in [1.54, 1.807) is 48.6 Å². The van der Waals surface area contributed by atoms with Crippen LogP contribution < -0.4 is 11.3 Å². The Balaban J connectivity index is 5.09. The van der Waals surface area contributed by atoms with Crippen molar-refractivity contribution < 1.29 is 28.3 Å². The lowest BCUT2D eigenvalue weighted by Gasteiger charge is -2.39. The molecule has 0 rings (SSSR count). The van der Waals surface area contributed by atoms with Gasteiger partial charge in [0, 0.05) is 13.6 Å². The van der Waals surface area contributed by atoms with Crippen molar-refractivity contribution >= 4 is 26.3 Å². The van der Waals surface area contributed by atoms with Crippen LogP contribution in [0, 0.1) is 0 Å². The standard InChI is InChI=1S/C24H50N4O6Si/c1-22(2,3)32-20(30)17-27(10)26-19(29)16-18(34-35(11,12)24(7,8)9)14-13-15-28(25)21(31)33-23(4,5)6/h18H,13-17,25H2,1-12H3,(H,26,29)/t18-/m1/s1. The van der Waals surface area contributed by atoms with E-state index in [4.69, 9.17) is 19.7 Å². The Morgan fingerprint density at radius 2 is 1.46 bits per heavy atom. The smallest absolute Gasteiger partial charge is 0.424 e. The van der Waals surface area contributed by atoms with Gasteiger partial charge in [-0.2, -0.15) is 0 Å². The van der Waals surface area contributed by atoms with Crippen LogP contribution >= 0.6 is 0 Å². The highest BCUT2D eigenvalue weighted by Gasteiger charge is 2.39. The van der Waals surface area contributed by atoms with Gasteiger partial charge in [-0.1, -0.05) is 20.8 Å². The zero-order valence-electron chi connectivity index (χ0n) is 24.0. The van der Waals surface area contributed by atoms with Crippen LogP contribution in [0.2, 0.25) is 18.1 Å². The van der Waals surface area contributed by atoms with E-state index in [1.165, 1.54) is 5.01 Å². The molecule has 0 aliphatic carbocycles. The first-order valence-corrected chi connectivity index (χ1v) is 15.1. The minimum atomic E-state index is -2.16. The summed E-state index contributed by atoms with van der Waals surface area (Å²) in [5.74, 6) is 5.16. The molecule has 0 unspecified atom stereocenters. The molecule has 3 N–H and O–H groups in total. The summed E-state index contributed by atoms with van der Waals surface area (Å²) < 4.78 is 17.1. The SMILES string of the molecule is CN(CC(=O)OC(C)(C)C)NC(=O)C[C@@H](CCCN(N)C(=O)OC(C)(C)C)O[Si](C)(C)C(C)(C)C. The Morgan fingerprint density at radius 1 is 0.943 bits per heavy atom. The molecule has 1 atom stereocenters. The fraction of sp³-hybridized carbons (Fsp3) is 0.875. The molecule has 0 saturated heterocycles. The van der Waals surface area contributed by atoms with Crippen LogP contribution in [-0.2, 0) is 23.5 Å². The lowest BCUT2D eigenvalue weighted by atomic mass is 10.1. The first-order valence-electron chi connectivity index (χ1n) is 12.2. The number of ether oxygens (including phenoxy) is 2. The summed E-state index contributed by atoms with van der Waals surface area (Å²) in [6.45, 7) is 21.6. The number of nitrogens with two attached hydrogens (primary N) is 1. The first-order chi connectivity index (χ1) is 15.5. The van der Waals surface area contributed by atoms with Crippen LogP contribution in [0.15, 0.2) is 0 Å². The van der Waals surface area contributed by atoms with E-state index in [2.05, 4.69) is 39.3 Å². The van der Waals surface area contributed by atoms with Crippen molar-refractivity contribution in [1.29, 1.82) is 0 Å². The van der Waals surface area contributed by atoms with Crippen molar-refractivity contribution in [3.05, 3.63) is 0 Å². The number of carbonyl (C=O) groups excluding carboxylic acids is 3. The normalized spacial score (nSPS) is 13.9. The number of carbonyl (C=O) groups is 3. The summed E-state index contributed by atoms with van der Waals surface area (Å²) in [6.07, 6.45) is 0.225. The van der Waals surface area contributed by atoms with Gasteiger partial charge in [0.25, 0.3) is 0 Å². The molecule has 2 amide bonds. The number of nitrogens with one attached hydrogen (secondary N) is 1. The maximum atomic E-state index is 12.7. The molecule has 0 aliphatic heterocycles. The zero-order valence-corrected chi connectivity index (χ0v) is 25.0. The fourth-order valence-corrected chi connectivity index (χ4v) is 4.16. The second-order valence-electron chi connectivity index (χ2n) is 12.5. The third-order valence-corrected chi connectivity index (χ3v) is 9.87. The quantitative estimate of drug-likeness (QED) is 0.138. The van der Waals surface area contributed by atoms with Gasteiger partial charge in [0.1, 0.15) is 17.7 Å². The van der Waals surface area contributed by atoms with E-state index < -0.39 is 31.6 Å². The van der Waals surface area contributed by atoms with Crippen LogP contribution in [0.1, 0.15) is 81.6 Å². The van der Waals surface area contributed by atoms with Crippen LogP contribution in [0.4, 0.5) is 4.79 Å². The molecule has 0 bridgehead atoms. The van der Waals surface area contributed by atoms with Crippen molar-refractivity contribution in [2.75, 3.05) is 20.1 Å². The van der Waals surface area contributed by atoms with Crippen LogP contribution in [0.3, 0.4) is 0 Å². The highest BCUT2D eigenvalue weighted by molar-refractivity contribution is 6.74. The maximum Gasteiger partial charge on any atom is 0.424 e. The topological polar surface area (TPSA) is 123 Å². The molecule has 11 heteroatoms. The highest BCUT2D eigenvalue weighted by Crippen LogP contribution is 2.38. The largest absolute Gasteiger partial charge is 0.459 e. The summed E-state index contributed by atoms with van der Waals surface area (Å²) in [7, 11) is -0.553. The molecule has 0 heterocycles. The second-order valence-corrected chi connectivity index (χ2v) is 17.3. The molecule has 10 nitrogen and oxygen atoms in total. The molecule has 0 spiro atoms. The van der Waals surface area contributed by atoms with E-state index in [0.29, 0.717) is 12.8 Å². The summed E-state index contributed by atoms with van der Waals surface area (Å²) >= 11 is 0. The maximum absolute atomic E-state index is 12.7. The minimum absolute atomic E-state index is 0.0361. The number of hydrogen-bond donors (Lipinski definition) is 2. The first kappa shape index (κ1) is 33.3. The fourth-order valence-electron chi connectivity index (χ4n) is 2.77. The van der Waals surface area contributed by atoms with Crippen molar-refractivity contribution in [2.45, 2.75) is 117 Å². The van der Waals surface area contributed by atoms with E-state index in [1.807, 2.05) is 0 Å². The van der Waals surface area contributed by atoms with Gasteiger partial charge in [-0.05, 0) is 72.5 Å². The van der Waals surface area contributed by atoms with Gasteiger partial charge in [-0.25, -0.2) is 20.7 Å².